The Morgan fingerprint density at radius 2 is 1.86 bits per heavy atom. The van der Waals surface area contributed by atoms with Gasteiger partial charge in [-0.15, -0.1) is 5.11 Å². The standard InChI is InChI=1S/C19H17N7O2/c20-17-14(25-24-13-6-2-1-3-7-13)9-16(18(21)23-17)28-19(27)26-10-12-5-4-8-22-15(12)11-26/h1-9H,10-11H2,(H4,20,21,23)/b25-24+. The van der Waals surface area contributed by atoms with Gasteiger partial charge in [-0.05, 0) is 23.8 Å². The third-order valence-electron chi connectivity index (χ3n) is 4.19. The number of anilines is 2. The second-order valence-electron chi connectivity index (χ2n) is 6.14. The van der Waals surface area contributed by atoms with Crippen molar-refractivity contribution in [1.82, 2.24) is 14.9 Å². The van der Waals surface area contributed by atoms with Gasteiger partial charge in [-0.25, -0.2) is 9.78 Å². The zero-order valence-corrected chi connectivity index (χ0v) is 14.8. The van der Waals surface area contributed by atoms with Crippen LogP contribution < -0.4 is 16.2 Å². The summed E-state index contributed by atoms with van der Waals surface area (Å²) in [7, 11) is 0. The SMILES string of the molecule is Nc1nc(N)c(OC(=O)N2Cc3cccnc3C2)cc1/N=N/c1ccccc1. The van der Waals surface area contributed by atoms with Crippen LogP contribution in [0.5, 0.6) is 5.75 Å². The van der Waals surface area contributed by atoms with E-state index in [0.29, 0.717) is 18.8 Å². The van der Waals surface area contributed by atoms with E-state index in [2.05, 4.69) is 20.2 Å². The van der Waals surface area contributed by atoms with Gasteiger partial charge < -0.3 is 16.2 Å². The van der Waals surface area contributed by atoms with Gasteiger partial charge in [0.15, 0.2) is 17.4 Å². The Bertz CT molecular complexity index is 1030. The largest absolute Gasteiger partial charge is 0.416 e. The van der Waals surface area contributed by atoms with Gasteiger partial charge in [0.25, 0.3) is 0 Å². The minimum Gasteiger partial charge on any atom is -0.406 e. The number of amides is 1. The van der Waals surface area contributed by atoms with Crippen LogP contribution in [0, 0.1) is 0 Å². The Morgan fingerprint density at radius 1 is 1.04 bits per heavy atom. The highest BCUT2D eigenvalue weighted by molar-refractivity contribution is 5.75. The number of rotatable bonds is 3. The molecule has 0 aliphatic carbocycles. The highest BCUT2D eigenvalue weighted by Gasteiger charge is 2.26. The smallest absolute Gasteiger partial charge is 0.406 e. The summed E-state index contributed by atoms with van der Waals surface area (Å²) < 4.78 is 5.42. The highest BCUT2D eigenvalue weighted by atomic mass is 16.6. The number of pyridine rings is 2. The predicted molar refractivity (Wildman–Crippen MR) is 103 cm³/mol. The van der Waals surface area contributed by atoms with Gasteiger partial charge in [0.1, 0.15) is 5.69 Å². The Balaban J connectivity index is 1.52. The lowest BCUT2D eigenvalue weighted by molar-refractivity contribution is 0.152. The van der Waals surface area contributed by atoms with Gasteiger partial charge in [0, 0.05) is 12.3 Å². The van der Waals surface area contributed by atoms with Crippen LogP contribution in [0.3, 0.4) is 0 Å². The molecule has 1 aliphatic rings. The molecule has 0 bridgehead atoms. The molecule has 0 fully saturated rings. The van der Waals surface area contributed by atoms with Crippen molar-refractivity contribution in [1.29, 1.82) is 0 Å². The Labute approximate surface area is 160 Å². The third kappa shape index (κ3) is 3.58. The van der Waals surface area contributed by atoms with E-state index < -0.39 is 6.09 Å². The van der Waals surface area contributed by atoms with E-state index in [1.165, 1.54) is 11.0 Å². The van der Waals surface area contributed by atoms with Crippen molar-refractivity contribution in [2.45, 2.75) is 13.1 Å². The summed E-state index contributed by atoms with van der Waals surface area (Å²) in [4.78, 5) is 22.3. The molecule has 4 rings (SSSR count). The number of ether oxygens (including phenoxy) is 1. The minimum absolute atomic E-state index is 0.000604. The summed E-state index contributed by atoms with van der Waals surface area (Å²) in [5.41, 5.74) is 14.5. The van der Waals surface area contributed by atoms with Gasteiger partial charge >= 0.3 is 6.09 Å². The van der Waals surface area contributed by atoms with Crippen LogP contribution in [0.2, 0.25) is 0 Å². The highest BCUT2D eigenvalue weighted by Crippen LogP contribution is 2.32. The molecule has 1 aliphatic heterocycles. The summed E-state index contributed by atoms with van der Waals surface area (Å²) in [6, 6.07) is 14.4. The second-order valence-corrected chi connectivity index (χ2v) is 6.14. The van der Waals surface area contributed by atoms with Crippen LogP contribution in [-0.4, -0.2) is 21.0 Å². The summed E-state index contributed by atoms with van der Waals surface area (Å²) in [6.07, 6.45) is 1.14. The fraction of sp³-hybridized carbons (Fsp3) is 0.105. The lowest BCUT2D eigenvalue weighted by atomic mass is 10.2. The van der Waals surface area contributed by atoms with Crippen LogP contribution in [0.15, 0.2) is 65.0 Å². The zero-order valence-electron chi connectivity index (χ0n) is 14.8. The third-order valence-corrected chi connectivity index (χ3v) is 4.19. The number of hydrogen-bond acceptors (Lipinski definition) is 8. The van der Waals surface area contributed by atoms with Crippen molar-refractivity contribution < 1.29 is 9.53 Å². The Morgan fingerprint density at radius 3 is 2.64 bits per heavy atom. The number of aromatic nitrogens is 2. The Kier molecular flexibility index (Phi) is 4.55. The number of benzene rings is 1. The van der Waals surface area contributed by atoms with Crippen LogP contribution in [0.25, 0.3) is 0 Å². The monoisotopic (exact) mass is 375 g/mol. The molecule has 1 amide bonds. The summed E-state index contributed by atoms with van der Waals surface area (Å²) >= 11 is 0. The normalized spacial score (nSPS) is 12.9. The van der Waals surface area contributed by atoms with Crippen molar-refractivity contribution in [2.75, 3.05) is 11.5 Å². The molecule has 9 nitrogen and oxygen atoms in total. The first-order valence-electron chi connectivity index (χ1n) is 8.52. The van der Waals surface area contributed by atoms with E-state index in [9.17, 15) is 4.79 Å². The maximum atomic E-state index is 12.5. The molecule has 0 atom stereocenters. The van der Waals surface area contributed by atoms with Crippen molar-refractivity contribution in [3.63, 3.8) is 0 Å². The molecular formula is C19H17N7O2. The van der Waals surface area contributed by atoms with Crippen LogP contribution >= 0.6 is 0 Å². The maximum Gasteiger partial charge on any atom is 0.416 e. The molecule has 2 aromatic heterocycles. The summed E-state index contributed by atoms with van der Waals surface area (Å²) in [6.45, 7) is 0.794. The lowest BCUT2D eigenvalue weighted by Crippen LogP contribution is -2.28. The van der Waals surface area contributed by atoms with E-state index in [0.717, 1.165) is 11.3 Å². The van der Waals surface area contributed by atoms with Crippen molar-refractivity contribution >= 4 is 29.1 Å². The molecule has 140 valence electrons. The predicted octanol–water partition coefficient (Wildman–Crippen LogP) is 3.57. The van der Waals surface area contributed by atoms with E-state index in [-0.39, 0.29) is 23.1 Å². The number of carbonyl (C=O) groups excluding carboxylic acids is 1. The number of fused-ring (bicyclic) bond motifs is 1. The Hall–Kier alpha value is -4.01. The molecule has 3 aromatic rings. The molecule has 28 heavy (non-hydrogen) atoms. The lowest BCUT2D eigenvalue weighted by Gasteiger charge is -2.15. The first kappa shape index (κ1) is 17.4. The number of hydrogen-bond donors (Lipinski definition) is 2. The molecule has 0 saturated carbocycles. The fourth-order valence-electron chi connectivity index (χ4n) is 2.77. The van der Waals surface area contributed by atoms with Crippen LogP contribution in [0.1, 0.15) is 11.3 Å². The first-order valence-corrected chi connectivity index (χ1v) is 8.52. The minimum atomic E-state index is -0.554. The topological polar surface area (TPSA) is 132 Å². The average molecular weight is 375 g/mol. The van der Waals surface area contributed by atoms with Crippen molar-refractivity contribution in [3.8, 4) is 5.75 Å². The van der Waals surface area contributed by atoms with E-state index in [1.54, 1.807) is 18.3 Å². The quantitative estimate of drug-likeness (QED) is 0.673. The fourth-order valence-corrected chi connectivity index (χ4v) is 2.77. The molecule has 1 aromatic carbocycles. The average Bonchev–Trinajstić information content (AvgIpc) is 3.14. The van der Waals surface area contributed by atoms with Crippen molar-refractivity contribution in [3.05, 3.63) is 66.0 Å². The first-order chi connectivity index (χ1) is 13.6. The van der Waals surface area contributed by atoms with E-state index in [1.807, 2.05) is 30.3 Å². The van der Waals surface area contributed by atoms with Crippen molar-refractivity contribution in [2.24, 2.45) is 10.2 Å². The van der Waals surface area contributed by atoms with Crippen LogP contribution in [-0.2, 0) is 13.1 Å². The molecule has 0 saturated heterocycles. The van der Waals surface area contributed by atoms with Gasteiger partial charge in [-0.2, -0.15) is 5.11 Å². The van der Waals surface area contributed by atoms with Crippen LogP contribution in [0.4, 0.5) is 27.8 Å². The van der Waals surface area contributed by atoms with Gasteiger partial charge in [-0.3, -0.25) is 9.88 Å². The molecule has 4 N–H and O–H groups in total. The van der Waals surface area contributed by atoms with Gasteiger partial charge in [0.05, 0.1) is 24.5 Å². The maximum absolute atomic E-state index is 12.5. The number of nitrogens with zero attached hydrogens (tertiary/aromatic N) is 5. The van der Waals surface area contributed by atoms with Gasteiger partial charge in [-0.1, -0.05) is 24.3 Å². The molecule has 0 spiro atoms. The molecule has 3 heterocycles. The number of nitrogens with two attached hydrogens (primary N) is 2. The summed E-state index contributed by atoms with van der Waals surface area (Å²) in [5.74, 6) is 0.166. The van der Waals surface area contributed by atoms with Gasteiger partial charge in [0.2, 0.25) is 0 Å². The van der Waals surface area contributed by atoms with E-state index >= 15 is 0 Å². The molecular weight excluding hydrogens is 358 g/mol. The number of carbonyl (C=O) groups is 1. The molecule has 0 radical (unpaired) electrons. The molecule has 0 unspecified atom stereocenters. The number of nitrogen functional groups attached to an aromatic ring is 2. The zero-order chi connectivity index (χ0) is 19.5. The second kappa shape index (κ2) is 7.31. The summed E-state index contributed by atoms with van der Waals surface area (Å²) in [5, 5.41) is 8.18. The van der Waals surface area contributed by atoms with E-state index in [4.69, 9.17) is 16.2 Å². The molecule has 9 heteroatoms. The number of azo groups is 1.